The Morgan fingerprint density at radius 3 is 2.32 bits per heavy atom. The Bertz CT molecular complexity index is 1390. The van der Waals surface area contributed by atoms with Crippen molar-refractivity contribution >= 4 is 34.8 Å². The second-order valence-corrected chi connectivity index (χ2v) is 14.2. The molecule has 12 heteroatoms. The fraction of sp³-hybridized carbons (Fsp3) is 0.625. The Hall–Kier alpha value is -2.77. The van der Waals surface area contributed by atoms with Crippen LogP contribution in [-0.2, 0) is 28.5 Å². The highest BCUT2D eigenvalue weighted by Crippen LogP contribution is 2.64. The van der Waals surface area contributed by atoms with Crippen molar-refractivity contribution in [1.29, 1.82) is 0 Å². The van der Waals surface area contributed by atoms with Crippen molar-refractivity contribution in [2.45, 2.75) is 96.1 Å². The van der Waals surface area contributed by atoms with Gasteiger partial charge in [-0.05, 0) is 48.9 Å². The lowest BCUT2D eigenvalue weighted by atomic mass is 9.44. The normalized spacial score (nSPS) is 39.1. The molecule has 1 aromatic carbocycles. The molecule has 1 heterocycles. The van der Waals surface area contributed by atoms with Gasteiger partial charge in [0.1, 0.15) is 17.8 Å². The minimum atomic E-state index is -2.12. The molecule has 44 heavy (non-hydrogen) atoms. The van der Waals surface area contributed by atoms with Crippen LogP contribution in [-0.4, -0.2) is 92.4 Å². The van der Waals surface area contributed by atoms with Crippen LogP contribution in [0.4, 0.5) is 4.79 Å². The summed E-state index contributed by atoms with van der Waals surface area (Å²) in [5.41, 5.74) is -6.41. The summed E-state index contributed by atoms with van der Waals surface area (Å²) in [6, 6.07) is 8.07. The lowest BCUT2D eigenvalue weighted by molar-refractivity contribution is -0.345. The number of benzene rings is 1. The fourth-order valence-corrected chi connectivity index (χ4v) is 8.39. The number of fused-ring (bicyclic) bond motifs is 5. The Morgan fingerprint density at radius 2 is 1.75 bits per heavy atom. The van der Waals surface area contributed by atoms with Gasteiger partial charge in [0.05, 0.1) is 35.7 Å². The molecule has 3 N–H and O–H groups in total. The van der Waals surface area contributed by atoms with Crippen LogP contribution >= 0.6 is 11.8 Å². The van der Waals surface area contributed by atoms with E-state index in [1.54, 1.807) is 45.9 Å². The largest absolute Gasteiger partial charge is 0.455 e. The van der Waals surface area contributed by atoms with Crippen molar-refractivity contribution in [1.82, 2.24) is 0 Å². The lowest BCUT2D eigenvalue weighted by Gasteiger charge is -2.67. The standard InChI is InChI=1S/C32H40O11S/c1-7-44-28(38)41-23-22-16(2)19(34)14-32(39,29(22,4)5)26(42-27(37)18-11-9-8-10-12-18)24-30(6,25(23)36)20(35)13-21-31(24,15-40-21)43-17(3)33/h8-12,19-21,23-24,26,34-35,39H,7,13-15H2,1-6H3/t19-,20-,21+,23+,24-,26-,30+,31-,32+/m0/s1. The number of ether oxygens (including phenoxy) is 4. The second kappa shape index (κ2) is 11.2. The van der Waals surface area contributed by atoms with Gasteiger partial charge in [0.15, 0.2) is 17.5 Å². The third-order valence-electron chi connectivity index (χ3n) is 10.4. The number of carbonyl (C=O) groups is 4. The number of rotatable bonds is 5. The number of thioether (sulfide) groups is 1. The highest BCUT2D eigenvalue weighted by molar-refractivity contribution is 8.13. The molecule has 1 saturated heterocycles. The number of aliphatic hydroxyl groups is 3. The van der Waals surface area contributed by atoms with E-state index in [1.165, 1.54) is 26.0 Å². The van der Waals surface area contributed by atoms with Crippen LogP contribution in [0.15, 0.2) is 41.5 Å². The van der Waals surface area contributed by atoms with Crippen molar-refractivity contribution < 1.29 is 53.4 Å². The molecule has 240 valence electrons. The molecule has 0 amide bonds. The first kappa shape index (κ1) is 32.6. The summed E-state index contributed by atoms with van der Waals surface area (Å²) in [6.07, 6.45) is -7.31. The molecule has 2 saturated carbocycles. The highest BCUT2D eigenvalue weighted by Gasteiger charge is 2.78. The summed E-state index contributed by atoms with van der Waals surface area (Å²) in [7, 11) is 0. The minimum Gasteiger partial charge on any atom is -0.455 e. The number of ketones is 1. The molecule has 2 bridgehead atoms. The van der Waals surface area contributed by atoms with E-state index in [2.05, 4.69) is 0 Å². The van der Waals surface area contributed by atoms with E-state index in [9.17, 15) is 34.5 Å². The van der Waals surface area contributed by atoms with Gasteiger partial charge in [0.2, 0.25) is 0 Å². The van der Waals surface area contributed by atoms with Crippen molar-refractivity contribution in [3.05, 3.63) is 47.0 Å². The van der Waals surface area contributed by atoms with E-state index < -0.39 is 81.5 Å². The first-order valence-electron chi connectivity index (χ1n) is 14.8. The molecule has 0 aromatic heterocycles. The van der Waals surface area contributed by atoms with Gasteiger partial charge in [0, 0.05) is 30.9 Å². The van der Waals surface area contributed by atoms with Crippen LogP contribution in [0.25, 0.3) is 0 Å². The topological polar surface area (TPSA) is 166 Å². The highest BCUT2D eigenvalue weighted by atomic mass is 32.2. The molecule has 3 aliphatic carbocycles. The number of carbonyl (C=O) groups excluding carboxylic acids is 4. The SMILES string of the molecule is CCSC(=O)O[C@H]1C(=O)[C@@]2(C)[C@H]([C@H](OC(=O)c3ccccc3)[C@]3(O)C[C@H](O)C(C)=C1C3(C)C)[C@]1(OC(C)=O)CO[C@@H]1C[C@@H]2O. The first-order valence-corrected chi connectivity index (χ1v) is 15.8. The fourth-order valence-electron chi connectivity index (χ4n) is 7.99. The van der Waals surface area contributed by atoms with Gasteiger partial charge in [-0.25, -0.2) is 9.59 Å². The predicted octanol–water partition coefficient (Wildman–Crippen LogP) is 2.98. The van der Waals surface area contributed by atoms with Crippen LogP contribution in [0.2, 0.25) is 0 Å². The number of hydrogen-bond donors (Lipinski definition) is 3. The molecule has 0 radical (unpaired) electrons. The van der Waals surface area contributed by atoms with E-state index in [0.29, 0.717) is 11.3 Å². The van der Waals surface area contributed by atoms with Gasteiger partial charge in [-0.1, -0.05) is 39.0 Å². The van der Waals surface area contributed by atoms with E-state index in [1.807, 2.05) is 0 Å². The van der Waals surface area contributed by atoms with Crippen LogP contribution in [0.1, 0.15) is 64.7 Å². The maximum absolute atomic E-state index is 15.0. The smallest absolute Gasteiger partial charge is 0.368 e. The Balaban J connectivity index is 1.82. The molecular weight excluding hydrogens is 592 g/mol. The molecule has 4 aliphatic rings. The van der Waals surface area contributed by atoms with E-state index in [-0.39, 0.29) is 30.6 Å². The van der Waals surface area contributed by atoms with Gasteiger partial charge < -0.3 is 34.3 Å². The molecule has 1 aromatic rings. The summed E-state index contributed by atoms with van der Waals surface area (Å²) in [4.78, 5) is 54.3. The van der Waals surface area contributed by atoms with Gasteiger partial charge in [0.25, 0.3) is 0 Å². The molecule has 5 rings (SSSR count). The van der Waals surface area contributed by atoms with Crippen molar-refractivity contribution in [3.8, 4) is 0 Å². The number of Topliss-reactive ketones (excluding diaryl/α,β-unsaturated/α-hetero) is 1. The van der Waals surface area contributed by atoms with Gasteiger partial charge >= 0.3 is 17.2 Å². The van der Waals surface area contributed by atoms with E-state index in [0.717, 1.165) is 11.8 Å². The Labute approximate surface area is 260 Å². The second-order valence-electron chi connectivity index (χ2n) is 13.0. The third-order valence-corrected chi connectivity index (χ3v) is 11.0. The third kappa shape index (κ3) is 4.63. The quantitative estimate of drug-likeness (QED) is 0.247. The first-order chi connectivity index (χ1) is 20.6. The van der Waals surface area contributed by atoms with Gasteiger partial charge in [-0.15, -0.1) is 0 Å². The van der Waals surface area contributed by atoms with Gasteiger partial charge in [-0.3, -0.25) is 9.59 Å². The summed E-state index contributed by atoms with van der Waals surface area (Å²) in [6.45, 7) is 9.08. The predicted molar refractivity (Wildman–Crippen MR) is 158 cm³/mol. The molecule has 9 atom stereocenters. The van der Waals surface area contributed by atoms with Crippen molar-refractivity contribution in [3.63, 3.8) is 0 Å². The molecule has 1 aliphatic heterocycles. The Kier molecular flexibility index (Phi) is 8.33. The zero-order valence-electron chi connectivity index (χ0n) is 25.7. The average Bonchev–Trinajstić information content (AvgIpc) is 2.95. The van der Waals surface area contributed by atoms with Gasteiger partial charge in [-0.2, -0.15) is 0 Å². The maximum atomic E-state index is 15.0. The number of esters is 2. The van der Waals surface area contributed by atoms with E-state index >= 15 is 0 Å². The minimum absolute atomic E-state index is 0.113. The van der Waals surface area contributed by atoms with Crippen LogP contribution in [0, 0.1) is 16.7 Å². The monoisotopic (exact) mass is 632 g/mol. The molecule has 11 nitrogen and oxygen atoms in total. The zero-order chi connectivity index (χ0) is 32.4. The van der Waals surface area contributed by atoms with Crippen molar-refractivity contribution in [2.24, 2.45) is 16.7 Å². The number of aliphatic hydroxyl groups excluding tert-OH is 2. The lowest BCUT2D eigenvalue weighted by Crippen LogP contribution is -2.81. The maximum Gasteiger partial charge on any atom is 0.368 e. The summed E-state index contributed by atoms with van der Waals surface area (Å²) < 4.78 is 23.8. The Morgan fingerprint density at radius 1 is 1.09 bits per heavy atom. The summed E-state index contributed by atoms with van der Waals surface area (Å²) >= 11 is 0.845. The molecule has 0 unspecified atom stereocenters. The van der Waals surface area contributed by atoms with E-state index in [4.69, 9.17) is 18.9 Å². The molecular formula is C32H40O11S. The molecule has 0 spiro atoms. The van der Waals surface area contributed by atoms with Crippen LogP contribution in [0.3, 0.4) is 0 Å². The van der Waals surface area contributed by atoms with Crippen LogP contribution < -0.4 is 0 Å². The molecule has 3 fully saturated rings. The van der Waals surface area contributed by atoms with Crippen LogP contribution in [0.5, 0.6) is 0 Å². The number of hydrogen-bond acceptors (Lipinski definition) is 12. The average molecular weight is 633 g/mol. The summed E-state index contributed by atoms with van der Waals surface area (Å²) in [5.74, 6) is -3.26. The summed E-state index contributed by atoms with van der Waals surface area (Å²) in [5, 5.41) is 35.4. The zero-order valence-corrected chi connectivity index (χ0v) is 26.5. The van der Waals surface area contributed by atoms with Crippen molar-refractivity contribution in [2.75, 3.05) is 12.4 Å².